The molecule has 0 radical (unpaired) electrons. The van der Waals surface area contributed by atoms with Crippen LogP contribution in [0.5, 0.6) is 11.6 Å². The van der Waals surface area contributed by atoms with E-state index in [1.54, 1.807) is 0 Å². The van der Waals surface area contributed by atoms with E-state index >= 15 is 0 Å². The van der Waals surface area contributed by atoms with Crippen LogP contribution in [0.4, 0.5) is 32.0 Å². The van der Waals surface area contributed by atoms with Gasteiger partial charge in [-0.05, 0) is 42.5 Å². The first-order chi connectivity index (χ1) is 17.6. The molecular weight excluding hydrogens is 585 g/mol. The molecule has 0 aliphatic carbocycles. The van der Waals surface area contributed by atoms with Crippen molar-refractivity contribution in [1.82, 2.24) is 14.5 Å². The Balaban J connectivity index is 1.55. The molecule has 4 rings (SSSR count). The number of pyridine rings is 2. The van der Waals surface area contributed by atoms with Gasteiger partial charge in [-0.3, -0.25) is 9.29 Å². The molecule has 0 saturated carbocycles. The van der Waals surface area contributed by atoms with Crippen LogP contribution in [-0.4, -0.2) is 23.0 Å². The molecule has 4 aromatic rings. The zero-order chi connectivity index (χ0) is 27.9. The fourth-order valence-corrected chi connectivity index (χ4v) is 4.78. The molecule has 0 bridgehead atoms. The summed E-state index contributed by atoms with van der Waals surface area (Å²) in [6.45, 7) is 0. The van der Waals surface area contributed by atoms with Crippen molar-refractivity contribution in [3.05, 3.63) is 88.3 Å². The SMILES string of the molecule is O=S(=O)(Nc1ccc(Oc2ccc(C(F)(F)F)cn2)c(Cl)c1)c1cccn1-c1ncc(C(F)(F)F)cc1Cl. The minimum atomic E-state index is -4.69. The minimum Gasteiger partial charge on any atom is -0.437 e. The lowest BCUT2D eigenvalue weighted by Crippen LogP contribution is -2.17. The second-order valence-corrected chi connectivity index (χ2v) is 9.92. The summed E-state index contributed by atoms with van der Waals surface area (Å²) in [4.78, 5) is 7.23. The zero-order valence-electron chi connectivity index (χ0n) is 18.3. The number of halogens is 8. The minimum absolute atomic E-state index is 0.0222. The van der Waals surface area contributed by atoms with Gasteiger partial charge < -0.3 is 4.74 Å². The summed E-state index contributed by atoms with van der Waals surface area (Å²) >= 11 is 12.1. The number of alkyl halides is 6. The van der Waals surface area contributed by atoms with E-state index in [9.17, 15) is 34.8 Å². The molecule has 0 amide bonds. The van der Waals surface area contributed by atoms with Crippen molar-refractivity contribution in [2.24, 2.45) is 0 Å². The van der Waals surface area contributed by atoms with Gasteiger partial charge in [-0.2, -0.15) is 34.8 Å². The lowest BCUT2D eigenvalue weighted by molar-refractivity contribution is -0.138. The first-order valence-electron chi connectivity index (χ1n) is 10.1. The first-order valence-corrected chi connectivity index (χ1v) is 12.3. The van der Waals surface area contributed by atoms with Gasteiger partial charge in [-0.25, -0.2) is 9.97 Å². The molecule has 3 heterocycles. The van der Waals surface area contributed by atoms with Crippen LogP contribution in [0.3, 0.4) is 0 Å². The largest absolute Gasteiger partial charge is 0.437 e. The van der Waals surface area contributed by atoms with E-state index in [0.717, 1.165) is 16.7 Å². The normalized spacial score (nSPS) is 12.4. The van der Waals surface area contributed by atoms with Gasteiger partial charge >= 0.3 is 12.4 Å². The molecule has 3 aromatic heterocycles. The molecular formula is C22H12Cl2F6N4O3S. The van der Waals surface area contributed by atoms with Gasteiger partial charge in [0.15, 0.2) is 10.8 Å². The van der Waals surface area contributed by atoms with Crippen LogP contribution in [0.25, 0.3) is 5.82 Å². The van der Waals surface area contributed by atoms with Gasteiger partial charge in [0, 0.05) is 24.7 Å². The average Bonchev–Trinajstić information content (AvgIpc) is 3.30. The summed E-state index contributed by atoms with van der Waals surface area (Å²) in [5.41, 5.74) is -2.11. The van der Waals surface area contributed by atoms with Crippen molar-refractivity contribution in [3.63, 3.8) is 0 Å². The molecule has 0 aliphatic heterocycles. The summed E-state index contributed by atoms with van der Waals surface area (Å²) in [6.07, 6.45) is -6.92. The van der Waals surface area contributed by atoms with Crippen molar-refractivity contribution in [1.29, 1.82) is 0 Å². The van der Waals surface area contributed by atoms with Crippen LogP contribution < -0.4 is 9.46 Å². The molecule has 1 N–H and O–H groups in total. The number of rotatable bonds is 6. The number of nitrogens with zero attached hydrogens (tertiary/aromatic N) is 3. The van der Waals surface area contributed by atoms with Gasteiger partial charge in [0.1, 0.15) is 5.75 Å². The van der Waals surface area contributed by atoms with Gasteiger partial charge in [-0.15, -0.1) is 0 Å². The quantitative estimate of drug-likeness (QED) is 0.238. The second-order valence-electron chi connectivity index (χ2n) is 7.48. The highest BCUT2D eigenvalue weighted by Gasteiger charge is 2.32. The summed E-state index contributed by atoms with van der Waals surface area (Å²) in [5.74, 6) is -0.464. The van der Waals surface area contributed by atoms with Crippen LogP contribution in [0.2, 0.25) is 10.0 Å². The van der Waals surface area contributed by atoms with Crippen LogP contribution in [-0.2, 0) is 22.4 Å². The van der Waals surface area contributed by atoms with Crippen molar-refractivity contribution in [2.45, 2.75) is 17.4 Å². The van der Waals surface area contributed by atoms with E-state index in [0.29, 0.717) is 18.5 Å². The maximum atomic E-state index is 13.0. The summed E-state index contributed by atoms with van der Waals surface area (Å²) < 4.78 is 111. The van der Waals surface area contributed by atoms with E-state index in [1.165, 1.54) is 36.5 Å². The molecule has 38 heavy (non-hydrogen) atoms. The van der Waals surface area contributed by atoms with Crippen LogP contribution in [0.15, 0.2) is 72.1 Å². The Bertz CT molecular complexity index is 1590. The highest BCUT2D eigenvalue weighted by atomic mass is 35.5. The number of hydrogen-bond acceptors (Lipinski definition) is 5. The van der Waals surface area contributed by atoms with Crippen LogP contribution in [0.1, 0.15) is 11.1 Å². The number of benzene rings is 1. The summed E-state index contributed by atoms with van der Waals surface area (Å²) in [7, 11) is -4.34. The van der Waals surface area contributed by atoms with Gasteiger partial charge in [0.05, 0.1) is 26.9 Å². The molecule has 1 aromatic carbocycles. The van der Waals surface area contributed by atoms with E-state index in [-0.39, 0.29) is 28.2 Å². The highest BCUT2D eigenvalue weighted by Crippen LogP contribution is 2.35. The fourth-order valence-electron chi connectivity index (χ4n) is 3.10. The monoisotopic (exact) mass is 596 g/mol. The Morgan fingerprint density at radius 2 is 1.53 bits per heavy atom. The van der Waals surface area contributed by atoms with Crippen LogP contribution in [0, 0.1) is 0 Å². The van der Waals surface area contributed by atoms with Gasteiger partial charge in [0.25, 0.3) is 10.0 Å². The smallest absolute Gasteiger partial charge is 0.417 e. The van der Waals surface area contributed by atoms with Crippen molar-refractivity contribution in [2.75, 3.05) is 4.72 Å². The number of sulfonamides is 1. The Hall–Kier alpha value is -3.49. The number of aromatic nitrogens is 3. The number of ether oxygens (including phenoxy) is 1. The number of anilines is 1. The lowest BCUT2D eigenvalue weighted by Gasteiger charge is -2.14. The summed E-state index contributed by atoms with van der Waals surface area (Å²) in [5, 5.41) is -0.930. The average molecular weight is 597 g/mol. The molecule has 0 unspecified atom stereocenters. The molecule has 200 valence electrons. The molecule has 16 heteroatoms. The third kappa shape index (κ3) is 5.97. The predicted octanol–water partition coefficient (Wildman–Crippen LogP) is 7.20. The Kier molecular flexibility index (Phi) is 7.25. The first kappa shape index (κ1) is 27.5. The van der Waals surface area contributed by atoms with Crippen molar-refractivity contribution < 1.29 is 39.5 Å². The molecule has 0 atom stereocenters. The second kappa shape index (κ2) is 10.0. The van der Waals surface area contributed by atoms with Crippen molar-refractivity contribution >= 4 is 38.9 Å². The Morgan fingerprint density at radius 3 is 2.11 bits per heavy atom. The fraction of sp³-hybridized carbons (Fsp3) is 0.0909. The van der Waals surface area contributed by atoms with Gasteiger partial charge in [0.2, 0.25) is 5.88 Å². The zero-order valence-corrected chi connectivity index (χ0v) is 20.7. The topological polar surface area (TPSA) is 86.1 Å². The molecule has 7 nitrogen and oxygen atoms in total. The lowest BCUT2D eigenvalue weighted by atomic mass is 10.3. The third-order valence-corrected chi connectivity index (χ3v) is 6.79. The van der Waals surface area contributed by atoms with E-state index in [1.807, 2.05) is 0 Å². The number of hydrogen-bond donors (Lipinski definition) is 1. The third-order valence-electron chi connectivity index (χ3n) is 4.83. The molecule has 0 spiro atoms. The Labute approximate surface area is 220 Å². The standard InChI is InChI=1S/C22H12Cl2F6N4O3S/c23-15-9-14(4-5-17(15)37-18-6-3-12(10-31-18)21(25,26)27)33-38(35,36)19-2-1-7-34(19)20-16(24)8-13(11-32-20)22(28,29)30/h1-11,33H. The van der Waals surface area contributed by atoms with Gasteiger partial charge in [-0.1, -0.05) is 23.2 Å². The predicted molar refractivity (Wildman–Crippen MR) is 125 cm³/mol. The maximum Gasteiger partial charge on any atom is 0.417 e. The van der Waals surface area contributed by atoms with E-state index in [4.69, 9.17) is 27.9 Å². The maximum absolute atomic E-state index is 13.0. The molecule has 0 fully saturated rings. The highest BCUT2D eigenvalue weighted by molar-refractivity contribution is 7.92. The van der Waals surface area contributed by atoms with Crippen molar-refractivity contribution in [3.8, 4) is 17.4 Å². The molecule has 0 saturated heterocycles. The van der Waals surface area contributed by atoms with E-state index < -0.39 is 43.6 Å². The van der Waals surface area contributed by atoms with E-state index in [2.05, 4.69) is 14.7 Å². The summed E-state index contributed by atoms with van der Waals surface area (Å²) in [6, 6.07) is 8.58. The molecule has 0 aliphatic rings. The van der Waals surface area contributed by atoms with Crippen LogP contribution >= 0.6 is 23.2 Å². The Morgan fingerprint density at radius 1 is 0.842 bits per heavy atom. The number of nitrogens with one attached hydrogen (secondary N) is 1.